The molecule has 2 heterocycles. The van der Waals surface area contributed by atoms with Gasteiger partial charge in [0.25, 0.3) is 0 Å². The Kier molecular flexibility index (Phi) is 4.12. The SMILES string of the molecule is Cc1cccc2c(C(C)(C)NC(=O)[C@@H]3CNCCN3C)n[nH]c12. The van der Waals surface area contributed by atoms with E-state index in [0.717, 1.165) is 35.2 Å². The van der Waals surface area contributed by atoms with Crippen molar-refractivity contribution in [3.05, 3.63) is 29.5 Å². The number of carbonyl (C=O) groups is 1. The first-order valence-electron chi connectivity index (χ1n) is 8.07. The third kappa shape index (κ3) is 2.96. The van der Waals surface area contributed by atoms with E-state index in [1.165, 1.54) is 0 Å². The molecule has 2 aromatic rings. The number of H-pyrrole nitrogens is 1. The normalized spacial score (nSPS) is 19.9. The summed E-state index contributed by atoms with van der Waals surface area (Å²) in [4.78, 5) is 14.8. The third-order valence-electron chi connectivity index (χ3n) is 4.65. The Morgan fingerprint density at radius 3 is 2.96 bits per heavy atom. The van der Waals surface area contributed by atoms with E-state index in [-0.39, 0.29) is 11.9 Å². The summed E-state index contributed by atoms with van der Waals surface area (Å²) < 4.78 is 0. The third-order valence-corrected chi connectivity index (χ3v) is 4.65. The number of nitrogens with zero attached hydrogens (tertiary/aromatic N) is 2. The van der Waals surface area contributed by atoms with Gasteiger partial charge in [-0.1, -0.05) is 18.2 Å². The van der Waals surface area contributed by atoms with Gasteiger partial charge in [0.15, 0.2) is 0 Å². The number of fused-ring (bicyclic) bond motifs is 1. The van der Waals surface area contributed by atoms with E-state index >= 15 is 0 Å². The number of para-hydroxylation sites is 1. The molecule has 6 heteroatoms. The van der Waals surface area contributed by atoms with E-state index in [1.807, 2.05) is 33.0 Å². The van der Waals surface area contributed by atoms with Crippen molar-refractivity contribution in [2.75, 3.05) is 26.7 Å². The van der Waals surface area contributed by atoms with Crippen LogP contribution in [-0.4, -0.2) is 53.7 Å². The number of aryl methyl sites for hydroxylation is 1. The van der Waals surface area contributed by atoms with Gasteiger partial charge in [0.05, 0.1) is 16.7 Å². The highest BCUT2D eigenvalue weighted by Crippen LogP contribution is 2.28. The van der Waals surface area contributed by atoms with Crippen molar-refractivity contribution in [1.82, 2.24) is 25.7 Å². The van der Waals surface area contributed by atoms with Gasteiger partial charge in [-0.05, 0) is 33.4 Å². The summed E-state index contributed by atoms with van der Waals surface area (Å²) in [5.74, 6) is 0.0357. The van der Waals surface area contributed by atoms with Crippen molar-refractivity contribution < 1.29 is 4.79 Å². The van der Waals surface area contributed by atoms with E-state index in [0.29, 0.717) is 6.54 Å². The smallest absolute Gasteiger partial charge is 0.239 e. The minimum absolute atomic E-state index is 0.0357. The lowest BCUT2D eigenvalue weighted by Gasteiger charge is -2.34. The van der Waals surface area contributed by atoms with Gasteiger partial charge in [-0.25, -0.2) is 0 Å². The van der Waals surface area contributed by atoms with E-state index in [4.69, 9.17) is 0 Å². The maximum absolute atomic E-state index is 12.7. The molecule has 1 fully saturated rings. The molecule has 23 heavy (non-hydrogen) atoms. The lowest BCUT2D eigenvalue weighted by molar-refractivity contribution is -0.128. The zero-order valence-electron chi connectivity index (χ0n) is 14.2. The number of piperazine rings is 1. The first-order valence-corrected chi connectivity index (χ1v) is 8.07. The summed E-state index contributed by atoms with van der Waals surface area (Å²) in [5, 5.41) is 15.1. The predicted molar refractivity (Wildman–Crippen MR) is 91.3 cm³/mol. The molecular formula is C17H25N5O. The second kappa shape index (κ2) is 5.94. The number of carbonyl (C=O) groups excluding carboxylic acids is 1. The lowest BCUT2D eigenvalue weighted by atomic mass is 9.95. The summed E-state index contributed by atoms with van der Waals surface area (Å²) in [7, 11) is 1.99. The average molecular weight is 315 g/mol. The van der Waals surface area contributed by atoms with Crippen molar-refractivity contribution in [2.45, 2.75) is 32.4 Å². The van der Waals surface area contributed by atoms with Crippen molar-refractivity contribution in [3.8, 4) is 0 Å². The highest BCUT2D eigenvalue weighted by molar-refractivity contribution is 5.87. The molecule has 0 radical (unpaired) electrons. The summed E-state index contributed by atoms with van der Waals surface area (Å²) in [5.41, 5.74) is 2.51. The van der Waals surface area contributed by atoms with Crippen LogP contribution < -0.4 is 10.6 Å². The number of amides is 1. The van der Waals surface area contributed by atoms with Gasteiger partial charge >= 0.3 is 0 Å². The van der Waals surface area contributed by atoms with Gasteiger partial charge < -0.3 is 10.6 Å². The number of likely N-dealkylation sites (N-methyl/N-ethyl adjacent to an activating group) is 1. The van der Waals surface area contributed by atoms with Crippen molar-refractivity contribution >= 4 is 16.8 Å². The fourth-order valence-corrected chi connectivity index (χ4v) is 3.21. The van der Waals surface area contributed by atoms with Crippen molar-refractivity contribution in [2.24, 2.45) is 0 Å². The molecule has 6 nitrogen and oxygen atoms in total. The van der Waals surface area contributed by atoms with Crippen LogP contribution in [0, 0.1) is 6.92 Å². The van der Waals surface area contributed by atoms with Gasteiger partial charge in [0.1, 0.15) is 6.04 Å². The van der Waals surface area contributed by atoms with Crippen molar-refractivity contribution in [3.63, 3.8) is 0 Å². The van der Waals surface area contributed by atoms with Crippen LogP contribution in [0.15, 0.2) is 18.2 Å². The molecule has 0 unspecified atom stereocenters. The molecule has 0 bridgehead atoms. The van der Waals surface area contributed by atoms with E-state index in [9.17, 15) is 4.79 Å². The van der Waals surface area contributed by atoms with E-state index in [2.05, 4.69) is 38.7 Å². The molecule has 3 rings (SSSR count). The Hall–Kier alpha value is -1.92. The number of hydrogen-bond donors (Lipinski definition) is 3. The molecular weight excluding hydrogens is 290 g/mol. The zero-order valence-corrected chi connectivity index (χ0v) is 14.2. The number of hydrogen-bond acceptors (Lipinski definition) is 4. The summed E-state index contributed by atoms with van der Waals surface area (Å²) in [6.07, 6.45) is 0. The van der Waals surface area contributed by atoms with Gasteiger partial charge in [-0.15, -0.1) is 0 Å². The molecule has 0 spiro atoms. The van der Waals surface area contributed by atoms with E-state index < -0.39 is 5.54 Å². The minimum atomic E-state index is -0.540. The molecule has 124 valence electrons. The monoisotopic (exact) mass is 315 g/mol. The fourth-order valence-electron chi connectivity index (χ4n) is 3.21. The minimum Gasteiger partial charge on any atom is -0.344 e. The second-order valence-corrected chi connectivity index (χ2v) is 6.88. The maximum atomic E-state index is 12.7. The molecule has 1 amide bonds. The number of aromatic amines is 1. The molecule has 1 saturated heterocycles. The molecule has 1 aromatic heterocycles. The van der Waals surface area contributed by atoms with Crippen molar-refractivity contribution in [1.29, 1.82) is 0 Å². The van der Waals surface area contributed by atoms with Crippen LogP contribution >= 0.6 is 0 Å². The fraction of sp³-hybridized carbons (Fsp3) is 0.529. The van der Waals surface area contributed by atoms with Gasteiger partial charge in [0.2, 0.25) is 5.91 Å². The summed E-state index contributed by atoms with van der Waals surface area (Å²) in [6, 6.07) is 5.98. The zero-order chi connectivity index (χ0) is 16.6. The molecule has 0 aliphatic carbocycles. The Balaban J connectivity index is 1.85. The summed E-state index contributed by atoms with van der Waals surface area (Å²) >= 11 is 0. The molecule has 1 atom stereocenters. The molecule has 1 aliphatic rings. The van der Waals surface area contributed by atoms with Crippen LogP contribution in [-0.2, 0) is 10.3 Å². The van der Waals surface area contributed by atoms with Crippen LogP contribution in [0.2, 0.25) is 0 Å². The average Bonchev–Trinajstić information content (AvgIpc) is 2.93. The van der Waals surface area contributed by atoms with Crippen LogP contribution in [0.1, 0.15) is 25.1 Å². The predicted octanol–water partition coefficient (Wildman–Crippen LogP) is 1.13. The topological polar surface area (TPSA) is 73.1 Å². The van der Waals surface area contributed by atoms with Gasteiger partial charge in [0, 0.05) is 25.0 Å². The van der Waals surface area contributed by atoms with Gasteiger partial charge in [-0.2, -0.15) is 5.10 Å². The highest BCUT2D eigenvalue weighted by atomic mass is 16.2. The lowest BCUT2D eigenvalue weighted by Crippen LogP contribution is -2.58. The largest absolute Gasteiger partial charge is 0.344 e. The molecule has 3 N–H and O–H groups in total. The van der Waals surface area contributed by atoms with Crippen LogP contribution in [0.25, 0.3) is 10.9 Å². The Morgan fingerprint density at radius 2 is 2.22 bits per heavy atom. The Bertz CT molecular complexity index is 721. The number of aromatic nitrogens is 2. The standard InChI is InChI=1S/C17H25N5O/c1-11-6-5-7-12-14(11)20-21-15(12)17(2,3)19-16(23)13-10-18-8-9-22(13)4/h5-7,13,18H,8-10H2,1-4H3,(H,19,23)(H,20,21)/t13-/m0/s1. The molecule has 0 saturated carbocycles. The quantitative estimate of drug-likeness (QED) is 0.794. The van der Waals surface area contributed by atoms with Crippen LogP contribution in [0.4, 0.5) is 0 Å². The Morgan fingerprint density at radius 1 is 1.43 bits per heavy atom. The van der Waals surface area contributed by atoms with Gasteiger partial charge in [-0.3, -0.25) is 14.8 Å². The number of benzene rings is 1. The molecule has 1 aromatic carbocycles. The van der Waals surface area contributed by atoms with E-state index in [1.54, 1.807) is 0 Å². The first-order chi connectivity index (χ1) is 10.9. The van der Waals surface area contributed by atoms with Crippen LogP contribution in [0.3, 0.4) is 0 Å². The first kappa shape index (κ1) is 16.0. The number of rotatable bonds is 3. The van der Waals surface area contributed by atoms with Crippen LogP contribution in [0.5, 0.6) is 0 Å². The highest BCUT2D eigenvalue weighted by Gasteiger charge is 2.33. The maximum Gasteiger partial charge on any atom is 0.239 e. The summed E-state index contributed by atoms with van der Waals surface area (Å²) in [6.45, 7) is 8.53. The second-order valence-electron chi connectivity index (χ2n) is 6.88. The Labute approximate surface area is 136 Å². The number of nitrogens with one attached hydrogen (secondary N) is 3. The molecule has 1 aliphatic heterocycles.